The number of hydrogen-bond donors (Lipinski definition) is 0. The molecule has 1 aromatic carbocycles. The molecule has 1 atom stereocenters. The van der Waals surface area contributed by atoms with Crippen molar-refractivity contribution in [1.29, 1.82) is 0 Å². The Kier molecular flexibility index (Phi) is 3.92. The van der Waals surface area contributed by atoms with Gasteiger partial charge >= 0.3 is 0 Å². The van der Waals surface area contributed by atoms with E-state index in [1.54, 1.807) is 12.5 Å². The van der Waals surface area contributed by atoms with Crippen molar-refractivity contribution in [3.8, 4) is 0 Å². The highest BCUT2D eigenvalue weighted by Crippen LogP contribution is 2.20. The van der Waals surface area contributed by atoms with Crippen molar-refractivity contribution < 1.29 is 0 Å². The van der Waals surface area contributed by atoms with E-state index < -0.39 is 0 Å². The fraction of sp³-hybridized carbons (Fsp3) is 0.375. The molecule has 2 heterocycles. The second-order valence-electron chi connectivity index (χ2n) is 5.34. The molecule has 0 spiro atoms. The van der Waals surface area contributed by atoms with Gasteiger partial charge in [-0.1, -0.05) is 30.3 Å². The average Bonchev–Trinajstić information content (AvgIpc) is 2.97. The molecule has 3 rings (SSSR count). The third kappa shape index (κ3) is 2.96. The van der Waals surface area contributed by atoms with E-state index in [0.717, 1.165) is 25.5 Å². The van der Waals surface area contributed by atoms with Crippen LogP contribution in [0, 0.1) is 0 Å². The highest BCUT2D eigenvalue weighted by molar-refractivity contribution is 5.37. The zero-order chi connectivity index (χ0) is 13.8. The Balaban J connectivity index is 1.59. The van der Waals surface area contributed by atoms with E-state index in [1.807, 2.05) is 6.07 Å². The van der Waals surface area contributed by atoms with Gasteiger partial charge in [-0.05, 0) is 18.1 Å². The highest BCUT2D eigenvalue weighted by Gasteiger charge is 2.26. The molecule has 4 nitrogen and oxygen atoms in total. The fourth-order valence-electron chi connectivity index (χ4n) is 2.79. The minimum atomic E-state index is 0.536. The summed E-state index contributed by atoms with van der Waals surface area (Å²) in [4.78, 5) is 13.1. The minimum absolute atomic E-state index is 0.536. The molecular weight excluding hydrogens is 248 g/mol. The molecule has 0 amide bonds. The van der Waals surface area contributed by atoms with Crippen LogP contribution in [-0.2, 0) is 6.54 Å². The molecular formula is C16H20N4. The summed E-state index contributed by atoms with van der Waals surface area (Å²) in [5.41, 5.74) is 1.39. The van der Waals surface area contributed by atoms with Crippen LogP contribution in [0.5, 0.6) is 0 Å². The molecule has 1 saturated heterocycles. The summed E-state index contributed by atoms with van der Waals surface area (Å²) in [7, 11) is 2.12. The molecule has 1 fully saturated rings. The normalized spacial score (nSPS) is 19.1. The van der Waals surface area contributed by atoms with Crippen molar-refractivity contribution in [2.75, 3.05) is 25.0 Å². The van der Waals surface area contributed by atoms with E-state index in [4.69, 9.17) is 0 Å². The molecule has 0 saturated carbocycles. The van der Waals surface area contributed by atoms with Crippen LogP contribution in [0.4, 0.5) is 5.82 Å². The first-order valence-corrected chi connectivity index (χ1v) is 7.08. The molecule has 2 aromatic rings. The first kappa shape index (κ1) is 13.1. The lowest BCUT2D eigenvalue weighted by Gasteiger charge is -2.25. The number of benzene rings is 1. The number of hydrogen-bond acceptors (Lipinski definition) is 4. The average molecular weight is 268 g/mol. The SMILES string of the molecule is CN(c1ccncn1)C1CCN(Cc2ccccc2)C1. The topological polar surface area (TPSA) is 32.3 Å². The van der Waals surface area contributed by atoms with E-state index in [2.05, 4.69) is 57.1 Å². The Hall–Kier alpha value is -1.94. The van der Waals surface area contributed by atoms with Crippen molar-refractivity contribution in [2.45, 2.75) is 19.0 Å². The molecule has 4 heteroatoms. The van der Waals surface area contributed by atoms with Gasteiger partial charge in [0.1, 0.15) is 12.1 Å². The van der Waals surface area contributed by atoms with Gasteiger partial charge in [0.2, 0.25) is 0 Å². The smallest absolute Gasteiger partial charge is 0.131 e. The molecule has 0 radical (unpaired) electrons. The molecule has 20 heavy (non-hydrogen) atoms. The summed E-state index contributed by atoms with van der Waals surface area (Å²) in [6.45, 7) is 3.28. The Morgan fingerprint density at radius 2 is 2.10 bits per heavy atom. The Morgan fingerprint density at radius 1 is 1.25 bits per heavy atom. The van der Waals surface area contributed by atoms with Crippen molar-refractivity contribution >= 4 is 5.82 Å². The van der Waals surface area contributed by atoms with Crippen molar-refractivity contribution in [3.63, 3.8) is 0 Å². The first-order chi connectivity index (χ1) is 9.83. The molecule has 1 aliphatic heterocycles. The number of anilines is 1. The van der Waals surface area contributed by atoms with E-state index in [-0.39, 0.29) is 0 Å². The van der Waals surface area contributed by atoms with E-state index >= 15 is 0 Å². The van der Waals surface area contributed by atoms with Crippen LogP contribution in [0.25, 0.3) is 0 Å². The maximum absolute atomic E-state index is 4.33. The molecule has 0 N–H and O–H groups in total. The minimum Gasteiger partial charge on any atom is -0.355 e. The zero-order valence-electron chi connectivity index (χ0n) is 11.8. The fourth-order valence-corrected chi connectivity index (χ4v) is 2.79. The second-order valence-corrected chi connectivity index (χ2v) is 5.34. The predicted octanol–water partition coefficient (Wildman–Crippen LogP) is 2.19. The zero-order valence-corrected chi connectivity index (χ0v) is 11.8. The number of aromatic nitrogens is 2. The summed E-state index contributed by atoms with van der Waals surface area (Å²) in [6, 6.07) is 13.2. The molecule has 1 aromatic heterocycles. The Labute approximate surface area is 120 Å². The number of rotatable bonds is 4. The molecule has 0 bridgehead atoms. The largest absolute Gasteiger partial charge is 0.355 e. The van der Waals surface area contributed by atoms with Crippen LogP contribution >= 0.6 is 0 Å². The number of likely N-dealkylation sites (tertiary alicyclic amines) is 1. The van der Waals surface area contributed by atoms with Gasteiger partial charge in [-0.2, -0.15) is 0 Å². The van der Waals surface area contributed by atoms with E-state index in [1.165, 1.54) is 12.0 Å². The summed E-state index contributed by atoms with van der Waals surface area (Å²) < 4.78 is 0. The Morgan fingerprint density at radius 3 is 2.85 bits per heavy atom. The van der Waals surface area contributed by atoms with Gasteiger partial charge in [0, 0.05) is 38.9 Å². The van der Waals surface area contributed by atoms with Crippen LogP contribution < -0.4 is 4.90 Å². The summed E-state index contributed by atoms with van der Waals surface area (Å²) in [6.07, 6.45) is 4.60. The Bertz CT molecular complexity index is 529. The maximum atomic E-state index is 4.33. The summed E-state index contributed by atoms with van der Waals surface area (Å²) in [5, 5.41) is 0. The molecule has 0 aliphatic carbocycles. The number of nitrogens with zero attached hydrogens (tertiary/aromatic N) is 4. The van der Waals surface area contributed by atoms with Crippen molar-refractivity contribution in [2.24, 2.45) is 0 Å². The van der Waals surface area contributed by atoms with Crippen LogP contribution in [-0.4, -0.2) is 41.0 Å². The highest BCUT2D eigenvalue weighted by atomic mass is 15.3. The lowest BCUT2D eigenvalue weighted by atomic mass is 10.2. The van der Waals surface area contributed by atoms with Crippen molar-refractivity contribution in [3.05, 3.63) is 54.5 Å². The van der Waals surface area contributed by atoms with Gasteiger partial charge in [-0.3, -0.25) is 4.90 Å². The maximum Gasteiger partial charge on any atom is 0.131 e. The van der Waals surface area contributed by atoms with E-state index in [0.29, 0.717) is 6.04 Å². The van der Waals surface area contributed by atoms with Gasteiger partial charge in [0.15, 0.2) is 0 Å². The van der Waals surface area contributed by atoms with Gasteiger partial charge in [-0.25, -0.2) is 9.97 Å². The lowest BCUT2D eigenvalue weighted by molar-refractivity contribution is 0.326. The first-order valence-electron chi connectivity index (χ1n) is 7.08. The van der Waals surface area contributed by atoms with Crippen LogP contribution in [0.3, 0.4) is 0 Å². The third-order valence-corrected chi connectivity index (χ3v) is 3.97. The van der Waals surface area contributed by atoms with Crippen LogP contribution in [0.2, 0.25) is 0 Å². The van der Waals surface area contributed by atoms with Crippen molar-refractivity contribution in [1.82, 2.24) is 14.9 Å². The lowest BCUT2D eigenvalue weighted by Crippen LogP contribution is -2.34. The van der Waals surface area contributed by atoms with Gasteiger partial charge < -0.3 is 4.90 Å². The van der Waals surface area contributed by atoms with Gasteiger partial charge in [0.05, 0.1) is 0 Å². The third-order valence-electron chi connectivity index (χ3n) is 3.97. The van der Waals surface area contributed by atoms with E-state index in [9.17, 15) is 0 Å². The summed E-state index contributed by atoms with van der Waals surface area (Å²) >= 11 is 0. The summed E-state index contributed by atoms with van der Waals surface area (Å²) in [5.74, 6) is 1.01. The van der Waals surface area contributed by atoms with Crippen LogP contribution in [0.15, 0.2) is 48.9 Å². The van der Waals surface area contributed by atoms with Gasteiger partial charge in [0.25, 0.3) is 0 Å². The monoisotopic (exact) mass is 268 g/mol. The second kappa shape index (κ2) is 6.01. The quantitative estimate of drug-likeness (QED) is 0.851. The molecule has 104 valence electrons. The molecule has 1 unspecified atom stereocenters. The van der Waals surface area contributed by atoms with Crippen LogP contribution in [0.1, 0.15) is 12.0 Å². The molecule has 1 aliphatic rings. The standard InChI is InChI=1S/C16H20N4/c1-19(16-7-9-17-13-18-16)15-8-10-20(12-15)11-14-5-3-2-4-6-14/h2-7,9,13,15H,8,10-12H2,1H3. The number of likely N-dealkylation sites (N-methyl/N-ethyl adjacent to an activating group) is 1. The predicted molar refractivity (Wildman–Crippen MR) is 80.6 cm³/mol. The van der Waals surface area contributed by atoms with Gasteiger partial charge in [-0.15, -0.1) is 0 Å².